The summed E-state index contributed by atoms with van der Waals surface area (Å²) in [5.41, 5.74) is 1.32. The van der Waals surface area contributed by atoms with E-state index in [-0.39, 0.29) is 11.4 Å². The van der Waals surface area contributed by atoms with Crippen molar-refractivity contribution in [3.63, 3.8) is 0 Å². The van der Waals surface area contributed by atoms with Gasteiger partial charge in [-0.05, 0) is 25.1 Å². The highest BCUT2D eigenvalue weighted by Crippen LogP contribution is 2.23. The highest BCUT2D eigenvalue weighted by Gasteiger charge is 2.21. The zero-order valence-corrected chi connectivity index (χ0v) is 14.6. The van der Waals surface area contributed by atoms with Crippen molar-refractivity contribution >= 4 is 28.9 Å². The third-order valence-electron chi connectivity index (χ3n) is 3.48. The number of aromatic nitrogens is 1. The molecule has 1 amide bonds. The van der Waals surface area contributed by atoms with Gasteiger partial charge < -0.3 is 10.1 Å². The molecule has 0 saturated heterocycles. The van der Waals surface area contributed by atoms with Crippen LogP contribution in [0.15, 0.2) is 60.0 Å². The fourth-order valence-corrected chi connectivity index (χ4v) is 2.96. The Morgan fingerprint density at radius 3 is 2.65 bits per heavy atom. The van der Waals surface area contributed by atoms with Crippen LogP contribution >= 0.6 is 11.3 Å². The highest BCUT2D eigenvalue weighted by atomic mass is 32.1. The molecule has 0 aliphatic heterocycles. The summed E-state index contributed by atoms with van der Waals surface area (Å²) < 4.78 is 18.3. The van der Waals surface area contributed by atoms with E-state index >= 15 is 0 Å². The monoisotopic (exact) mass is 370 g/mol. The van der Waals surface area contributed by atoms with Crippen molar-refractivity contribution in [2.24, 2.45) is 0 Å². The largest absolute Gasteiger partial charge is 0.448 e. The van der Waals surface area contributed by atoms with E-state index in [0.717, 1.165) is 5.56 Å². The number of benzene rings is 2. The number of hydrogen-bond acceptors (Lipinski definition) is 5. The average Bonchev–Trinajstić information content (AvgIpc) is 3.12. The molecule has 0 unspecified atom stereocenters. The van der Waals surface area contributed by atoms with Gasteiger partial charge in [0.15, 0.2) is 11.8 Å². The van der Waals surface area contributed by atoms with Crippen molar-refractivity contribution < 1.29 is 18.7 Å². The molecule has 1 heterocycles. The second-order valence-corrected chi connectivity index (χ2v) is 6.31. The van der Waals surface area contributed by atoms with Gasteiger partial charge in [-0.2, -0.15) is 0 Å². The van der Waals surface area contributed by atoms with Gasteiger partial charge in [0, 0.05) is 16.6 Å². The summed E-state index contributed by atoms with van der Waals surface area (Å²) in [5.74, 6) is -1.71. The number of carbonyl (C=O) groups is 2. The molecule has 3 aromatic rings. The molecule has 0 spiro atoms. The number of esters is 1. The first kappa shape index (κ1) is 17.8. The number of rotatable bonds is 5. The zero-order chi connectivity index (χ0) is 18.5. The fourth-order valence-electron chi connectivity index (χ4n) is 2.17. The lowest BCUT2D eigenvalue weighted by molar-refractivity contribution is -0.123. The van der Waals surface area contributed by atoms with E-state index in [1.54, 1.807) is 11.4 Å². The van der Waals surface area contributed by atoms with Crippen LogP contribution in [0.3, 0.4) is 0 Å². The van der Waals surface area contributed by atoms with Gasteiger partial charge in [0.1, 0.15) is 10.8 Å². The minimum Gasteiger partial charge on any atom is -0.448 e. The zero-order valence-electron chi connectivity index (χ0n) is 13.8. The summed E-state index contributed by atoms with van der Waals surface area (Å²) >= 11 is 1.32. The molecule has 0 aliphatic carbocycles. The van der Waals surface area contributed by atoms with Crippen LogP contribution in [-0.2, 0) is 9.53 Å². The van der Waals surface area contributed by atoms with Crippen molar-refractivity contribution in [3.05, 3.63) is 71.5 Å². The molecule has 0 bridgehead atoms. The number of halogens is 1. The Bertz CT molecular complexity index is 927. The number of ether oxygens (including phenoxy) is 1. The summed E-state index contributed by atoms with van der Waals surface area (Å²) in [6.45, 7) is 1.44. The van der Waals surface area contributed by atoms with Crippen LogP contribution in [0.5, 0.6) is 0 Å². The molecule has 0 radical (unpaired) electrons. The molecule has 1 aromatic heterocycles. The molecule has 0 fully saturated rings. The Labute approximate surface area is 153 Å². The number of anilines is 1. The van der Waals surface area contributed by atoms with E-state index < -0.39 is 23.8 Å². The lowest BCUT2D eigenvalue weighted by atomic mass is 10.2. The summed E-state index contributed by atoms with van der Waals surface area (Å²) in [4.78, 5) is 28.5. The van der Waals surface area contributed by atoms with Crippen molar-refractivity contribution in [2.75, 3.05) is 5.32 Å². The van der Waals surface area contributed by atoms with Gasteiger partial charge in [0.05, 0.1) is 0 Å². The number of carbonyl (C=O) groups excluding carboxylic acids is 2. The van der Waals surface area contributed by atoms with Crippen LogP contribution in [0.25, 0.3) is 10.6 Å². The number of thiazole rings is 1. The van der Waals surface area contributed by atoms with Crippen molar-refractivity contribution in [2.45, 2.75) is 13.0 Å². The van der Waals surface area contributed by atoms with Gasteiger partial charge >= 0.3 is 5.97 Å². The summed E-state index contributed by atoms with van der Waals surface area (Å²) in [6, 6.07) is 14.9. The molecule has 1 N–H and O–H groups in total. The number of amides is 1. The molecule has 3 rings (SSSR count). The minimum atomic E-state index is -1.05. The second-order valence-electron chi connectivity index (χ2n) is 5.45. The Hall–Kier alpha value is -3.06. The molecule has 1 atom stereocenters. The molecule has 5 nitrogen and oxygen atoms in total. The average molecular weight is 370 g/mol. The quantitative estimate of drug-likeness (QED) is 0.686. The summed E-state index contributed by atoms with van der Waals surface area (Å²) in [7, 11) is 0. The van der Waals surface area contributed by atoms with Gasteiger partial charge in [0.2, 0.25) is 0 Å². The molecular weight excluding hydrogens is 355 g/mol. The van der Waals surface area contributed by atoms with Crippen LogP contribution in [0, 0.1) is 5.82 Å². The van der Waals surface area contributed by atoms with Crippen LogP contribution in [0.1, 0.15) is 17.4 Å². The van der Waals surface area contributed by atoms with Crippen molar-refractivity contribution in [1.29, 1.82) is 0 Å². The normalized spacial score (nSPS) is 11.6. The van der Waals surface area contributed by atoms with E-state index in [2.05, 4.69) is 10.3 Å². The second kappa shape index (κ2) is 7.88. The predicted molar refractivity (Wildman–Crippen MR) is 97.5 cm³/mol. The first-order valence-corrected chi connectivity index (χ1v) is 8.69. The first-order valence-electron chi connectivity index (χ1n) is 7.81. The van der Waals surface area contributed by atoms with Crippen molar-refractivity contribution in [1.82, 2.24) is 4.98 Å². The fraction of sp³-hybridized carbons (Fsp3) is 0.105. The first-order chi connectivity index (χ1) is 12.5. The third kappa shape index (κ3) is 4.31. The maximum absolute atomic E-state index is 13.1. The Morgan fingerprint density at radius 2 is 1.92 bits per heavy atom. The Kier molecular flexibility index (Phi) is 5.38. The molecule has 132 valence electrons. The number of nitrogens with one attached hydrogen (secondary N) is 1. The van der Waals surface area contributed by atoms with E-state index in [0.29, 0.717) is 5.01 Å². The van der Waals surface area contributed by atoms with Gasteiger partial charge in [-0.3, -0.25) is 4.79 Å². The predicted octanol–water partition coefficient (Wildman–Crippen LogP) is 4.13. The number of nitrogens with zero attached hydrogens (tertiary/aromatic N) is 1. The Balaban J connectivity index is 1.62. The molecular formula is C19H15FN2O3S. The minimum absolute atomic E-state index is 0.138. The maximum atomic E-state index is 13.1. The molecule has 0 aliphatic rings. The molecule has 7 heteroatoms. The van der Waals surface area contributed by atoms with Gasteiger partial charge in [-0.25, -0.2) is 14.2 Å². The smallest absolute Gasteiger partial charge is 0.358 e. The molecule has 2 aromatic carbocycles. The highest BCUT2D eigenvalue weighted by molar-refractivity contribution is 7.13. The standard InChI is InChI=1S/C19H15FN2O3S/c1-12(17(23)21-15-9-5-8-14(20)10-15)25-19(24)16-11-26-18(22-16)13-6-3-2-4-7-13/h2-12H,1H3,(H,21,23)/t12-/m1/s1. The maximum Gasteiger partial charge on any atom is 0.358 e. The van der Waals surface area contributed by atoms with Crippen LogP contribution in [-0.4, -0.2) is 23.0 Å². The topological polar surface area (TPSA) is 68.3 Å². The van der Waals surface area contributed by atoms with Crippen LogP contribution in [0.4, 0.5) is 10.1 Å². The summed E-state index contributed by atoms with van der Waals surface area (Å²) in [5, 5.41) is 4.77. The van der Waals surface area contributed by atoms with Gasteiger partial charge in [-0.1, -0.05) is 36.4 Å². The SMILES string of the molecule is C[C@@H](OC(=O)c1csc(-c2ccccc2)n1)C(=O)Nc1cccc(F)c1. The molecule has 26 heavy (non-hydrogen) atoms. The third-order valence-corrected chi connectivity index (χ3v) is 4.37. The number of hydrogen-bond donors (Lipinski definition) is 1. The van der Waals surface area contributed by atoms with E-state index in [4.69, 9.17) is 4.74 Å². The van der Waals surface area contributed by atoms with E-state index in [1.165, 1.54) is 36.5 Å². The lowest BCUT2D eigenvalue weighted by Gasteiger charge is -2.12. The van der Waals surface area contributed by atoms with E-state index in [9.17, 15) is 14.0 Å². The van der Waals surface area contributed by atoms with Gasteiger partial charge in [0.25, 0.3) is 5.91 Å². The van der Waals surface area contributed by atoms with E-state index in [1.807, 2.05) is 30.3 Å². The van der Waals surface area contributed by atoms with Crippen molar-refractivity contribution in [3.8, 4) is 10.6 Å². The lowest BCUT2D eigenvalue weighted by Crippen LogP contribution is -2.30. The van der Waals surface area contributed by atoms with Crippen LogP contribution in [0.2, 0.25) is 0 Å². The Morgan fingerprint density at radius 1 is 1.15 bits per heavy atom. The van der Waals surface area contributed by atoms with Crippen LogP contribution < -0.4 is 5.32 Å². The molecule has 0 saturated carbocycles. The van der Waals surface area contributed by atoms with Gasteiger partial charge in [-0.15, -0.1) is 11.3 Å². The summed E-state index contributed by atoms with van der Waals surface area (Å²) in [6.07, 6.45) is -1.05.